The van der Waals surface area contributed by atoms with Crippen LogP contribution in [0, 0.1) is 0 Å². The zero-order chi connectivity index (χ0) is 38.6. The van der Waals surface area contributed by atoms with Crippen molar-refractivity contribution in [3.05, 3.63) is 78.4 Å². The number of benzene rings is 1. The van der Waals surface area contributed by atoms with Crippen molar-refractivity contribution in [2.45, 2.75) is 25.0 Å². The summed E-state index contributed by atoms with van der Waals surface area (Å²) >= 11 is 0. The van der Waals surface area contributed by atoms with Crippen LogP contribution in [0.3, 0.4) is 0 Å². The number of pyridine rings is 2. The number of nitrogens with zero attached hydrogens (tertiary/aromatic N) is 7. The van der Waals surface area contributed by atoms with Gasteiger partial charge in [-0.3, -0.25) is 34.4 Å². The first-order valence-corrected chi connectivity index (χ1v) is 18.5. The van der Waals surface area contributed by atoms with Crippen molar-refractivity contribution >= 4 is 46.3 Å². The highest BCUT2D eigenvalue weighted by Crippen LogP contribution is 2.30. The molecule has 17 heteroatoms. The lowest BCUT2D eigenvalue weighted by Crippen LogP contribution is -2.54. The fourth-order valence-electron chi connectivity index (χ4n) is 6.98. The summed E-state index contributed by atoms with van der Waals surface area (Å²) in [7, 11) is 2.00. The molecule has 0 bridgehead atoms. The SMILES string of the molecule is C[n+]1c2ccncc2n2ccc(-c3ccc(N4CC(OCCOCCOCCOCCOc5ccc6c(c5)C(=O)N(C5CCC(=O)NC5=O)C6=O)C4)nc3)nc21. The summed E-state index contributed by atoms with van der Waals surface area (Å²) in [6, 6.07) is 11.6. The van der Waals surface area contributed by atoms with Crippen LogP contribution in [0.4, 0.5) is 5.82 Å². The third-order valence-corrected chi connectivity index (χ3v) is 9.96. The Balaban J connectivity index is 0.651. The van der Waals surface area contributed by atoms with Gasteiger partial charge >= 0.3 is 5.78 Å². The number of ether oxygens (including phenoxy) is 5. The van der Waals surface area contributed by atoms with E-state index in [-0.39, 0.29) is 36.7 Å². The summed E-state index contributed by atoms with van der Waals surface area (Å²) in [5.74, 6) is -0.0766. The van der Waals surface area contributed by atoms with Crippen molar-refractivity contribution in [3.8, 4) is 17.0 Å². The summed E-state index contributed by atoms with van der Waals surface area (Å²) < 4.78 is 32.5. The van der Waals surface area contributed by atoms with Gasteiger partial charge in [-0.25, -0.2) is 9.55 Å². The highest BCUT2D eigenvalue weighted by molar-refractivity contribution is 6.23. The predicted octanol–water partition coefficient (Wildman–Crippen LogP) is 1.50. The predicted molar refractivity (Wildman–Crippen MR) is 198 cm³/mol. The van der Waals surface area contributed by atoms with E-state index < -0.39 is 29.7 Å². The molecule has 2 fully saturated rings. The first-order chi connectivity index (χ1) is 27.4. The van der Waals surface area contributed by atoms with Crippen LogP contribution >= 0.6 is 0 Å². The number of fused-ring (bicyclic) bond motifs is 4. The Morgan fingerprint density at radius 2 is 1.59 bits per heavy atom. The third-order valence-electron chi connectivity index (χ3n) is 9.96. The van der Waals surface area contributed by atoms with E-state index in [1.54, 1.807) is 12.3 Å². The molecule has 8 rings (SSSR count). The highest BCUT2D eigenvalue weighted by atomic mass is 16.6. The maximum absolute atomic E-state index is 13.0. The summed E-state index contributed by atoms with van der Waals surface area (Å²) in [4.78, 5) is 66.4. The van der Waals surface area contributed by atoms with Crippen molar-refractivity contribution in [1.29, 1.82) is 0 Å². The average molecular weight is 766 g/mol. The Morgan fingerprint density at radius 3 is 2.34 bits per heavy atom. The van der Waals surface area contributed by atoms with E-state index in [1.165, 1.54) is 12.1 Å². The maximum Gasteiger partial charge on any atom is 0.404 e. The van der Waals surface area contributed by atoms with Gasteiger partial charge in [-0.2, -0.15) is 4.40 Å². The van der Waals surface area contributed by atoms with Gasteiger partial charge in [-0.1, -0.05) is 4.98 Å². The molecule has 17 nitrogen and oxygen atoms in total. The number of amides is 4. The normalized spacial score (nSPS) is 17.2. The van der Waals surface area contributed by atoms with Gasteiger partial charge in [0.25, 0.3) is 11.8 Å². The molecule has 7 heterocycles. The number of rotatable bonds is 17. The lowest BCUT2D eigenvalue weighted by molar-refractivity contribution is -0.620. The number of nitrogens with one attached hydrogen (secondary N) is 1. The average Bonchev–Trinajstić information content (AvgIpc) is 3.62. The molecule has 0 saturated carbocycles. The molecule has 3 aliphatic rings. The number of aromatic nitrogens is 5. The zero-order valence-electron chi connectivity index (χ0n) is 30.8. The smallest absolute Gasteiger partial charge is 0.404 e. The van der Waals surface area contributed by atoms with Crippen molar-refractivity contribution in [2.75, 3.05) is 70.8 Å². The molecular weight excluding hydrogens is 724 g/mol. The molecule has 4 aromatic heterocycles. The minimum absolute atomic E-state index is 0.0631. The Bertz CT molecular complexity index is 2270. The molecule has 56 heavy (non-hydrogen) atoms. The van der Waals surface area contributed by atoms with Gasteiger partial charge in [-0.05, 0) is 42.8 Å². The second kappa shape index (κ2) is 16.5. The van der Waals surface area contributed by atoms with Gasteiger partial charge in [0.1, 0.15) is 29.7 Å². The number of imide groups is 2. The molecule has 3 aliphatic heterocycles. The van der Waals surface area contributed by atoms with Gasteiger partial charge < -0.3 is 28.6 Å². The summed E-state index contributed by atoms with van der Waals surface area (Å²) in [5.41, 5.74) is 4.23. The van der Waals surface area contributed by atoms with Crippen LogP contribution in [-0.2, 0) is 35.6 Å². The molecular formula is C39H41N8O9+. The molecule has 4 amide bonds. The largest absolute Gasteiger partial charge is 0.491 e. The Morgan fingerprint density at radius 1 is 0.839 bits per heavy atom. The van der Waals surface area contributed by atoms with E-state index in [2.05, 4.69) is 24.8 Å². The molecule has 290 valence electrons. The van der Waals surface area contributed by atoms with Crippen LogP contribution in [0.15, 0.2) is 67.3 Å². The molecule has 2 saturated heterocycles. The second-order valence-electron chi connectivity index (χ2n) is 13.5. The molecule has 0 spiro atoms. The summed E-state index contributed by atoms with van der Waals surface area (Å²) in [6.45, 7) is 4.66. The van der Waals surface area contributed by atoms with E-state index >= 15 is 0 Å². The molecule has 0 radical (unpaired) electrons. The number of carbonyl (C=O) groups excluding carboxylic acids is 4. The molecule has 1 aromatic carbocycles. The molecule has 0 aliphatic carbocycles. The number of hydrogen-bond acceptors (Lipinski definition) is 13. The Labute approximate surface area is 321 Å². The van der Waals surface area contributed by atoms with Crippen LogP contribution in [0.1, 0.15) is 33.6 Å². The van der Waals surface area contributed by atoms with Crippen LogP contribution < -0.4 is 19.5 Å². The number of carbonyl (C=O) groups is 4. The van der Waals surface area contributed by atoms with E-state index in [4.69, 9.17) is 28.7 Å². The Hall–Kier alpha value is -5.88. The molecule has 1 atom stereocenters. The topological polar surface area (TPSA) is 180 Å². The van der Waals surface area contributed by atoms with Gasteiger partial charge in [0, 0.05) is 43.5 Å². The number of imidazole rings is 1. The summed E-state index contributed by atoms with van der Waals surface area (Å²) in [6.07, 6.45) is 7.79. The van der Waals surface area contributed by atoms with E-state index in [1.807, 2.05) is 54.3 Å². The van der Waals surface area contributed by atoms with Crippen LogP contribution in [0.25, 0.3) is 28.1 Å². The van der Waals surface area contributed by atoms with Crippen LogP contribution in [0.5, 0.6) is 5.75 Å². The van der Waals surface area contributed by atoms with Crippen LogP contribution in [0.2, 0.25) is 0 Å². The van der Waals surface area contributed by atoms with Crippen molar-refractivity contribution in [1.82, 2.24) is 29.6 Å². The van der Waals surface area contributed by atoms with E-state index in [0.29, 0.717) is 52.0 Å². The molecule has 1 N–H and O–H groups in total. The zero-order valence-corrected chi connectivity index (χ0v) is 30.8. The van der Waals surface area contributed by atoms with Crippen LogP contribution in [-0.4, -0.2) is 126 Å². The van der Waals surface area contributed by atoms with Crippen molar-refractivity contribution < 1.29 is 47.4 Å². The van der Waals surface area contributed by atoms with Crippen molar-refractivity contribution in [3.63, 3.8) is 0 Å². The number of piperidine rings is 1. The number of hydrogen-bond donors (Lipinski definition) is 1. The minimum Gasteiger partial charge on any atom is -0.491 e. The lowest BCUT2D eigenvalue weighted by atomic mass is 10.0. The maximum atomic E-state index is 13.0. The quantitative estimate of drug-likeness (QED) is 0.0819. The minimum atomic E-state index is -1.01. The molecule has 5 aromatic rings. The van der Waals surface area contributed by atoms with E-state index in [0.717, 1.165) is 51.9 Å². The third kappa shape index (κ3) is 7.66. The second-order valence-corrected chi connectivity index (χ2v) is 13.5. The standard InChI is InChI=1S/C39H40N8O9/c1-44-31-8-10-40-22-33(31)46-11-9-30(42-39(44)46)25-2-6-34(41-21-25)45-23-27(24-45)56-19-17-54-15-13-52-12-14-53-16-18-55-26-3-4-28-29(20-26)38(51)47(37(28)50)32-5-7-35(48)43-36(32)49/h2-4,6,8-11,20-22,27,32H,5,7,12-19,23-24H2,1H3/p+1. The first-order valence-electron chi connectivity index (χ1n) is 18.5. The lowest BCUT2D eigenvalue weighted by Gasteiger charge is -2.39. The monoisotopic (exact) mass is 765 g/mol. The van der Waals surface area contributed by atoms with Gasteiger partial charge in [0.15, 0.2) is 11.2 Å². The molecule has 1 unspecified atom stereocenters. The van der Waals surface area contributed by atoms with Gasteiger partial charge in [-0.15, -0.1) is 0 Å². The number of aryl methyl sites for hydroxylation is 1. The fourth-order valence-corrected chi connectivity index (χ4v) is 6.98. The summed E-state index contributed by atoms with van der Waals surface area (Å²) in [5, 5.41) is 2.19. The van der Waals surface area contributed by atoms with Gasteiger partial charge in [0.05, 0.1) is 82.9 Å². The van der Waals surface area contributed by atoms with E-state index in [9.17, 15) is 19.2 Å². The highest BCUT2D eigenvalue weighted by Gasteiger charge is 2.44. The van der Waals surface area contributed by atoms with Gasteiger partial charge in [0.2, 0.25) is 11.8 Å². The Kier molecular flexibility index (Phi) is 10.9. The number of anilines is 1. The first kappa shape index (κ1) is 37.1. The van der Waals surface area contributed by atoms with Crippen molar-refractivity contribution in [2.24, 2.45) is 7.05 Å². The fraction of sp³-hybridized carbons (Fsp3) is 0.385.